The Bertz CT molecular complexity index is 123. The largest absolute Gasteiger partial charge is 0.380 e. The molecule has 0 aromatic rings. The summed E-state index contributed by atoms with van der Waals surface area (Å²) < 4.78 is 5.46. The van der Waals surface area contributed by atoms with Gasteiger partial charge in [0.15, 0.2) is 0 Å². The average Bonchev–Trinajstić information content (AvgIpc) is 2.30. The first-order chi connectivity index (χ1) is 7.33. The second-order valence-corrected chi connectivity index (χ2v) is 3.76. The molecule has 0 atom stereocenters. The number of hydrogen-bond donors (Lipinski definition) is 0. The monoisotopic (exact) mass is 216 g/mol. The molecule has 92 valence electrons. The molecule has 0 aromatic heterocycles. The molecular weight excluding hydrogens is 188 g/mol. The molecule has 1 aliphatic heterocycles. The van der Waals surface area contributed by atoms with Crippen LogP contribution in [0.15, 0.2) is 0 Å². The minimum absolute atomic E-state index is 0.900. The van der Waals surface area contributed by atoms with E-state index in [9.17, 15) is 0 Å². The summed E-state index contributed by atoms with van der Waals surface area (Å²) in [5, 5.41) is 0. The maximum absolute atomic E-state index is 5.46. The normalized spacial score (nSPS) is 18.4. The summed E-state index contributed by atoms with van der Waals surface area (Å²) in [7, 11) is 2.19. The van der Waals surface area contributed by atoms with E-state index in [2.05, 4.69) is 23.8 Å². The van der Waals surface area contributed by atoms with Gasteiger partial charge < -0.3 is 9.64 Å². The first kappa shape index (κ1) is 14.9. The lowest BCUT2D eigenvalue weighted by atomic mass is 10.3. The van der Waals surface area contributed by atoms with Crippen molar-refractivity contribution in [1.82, 2.24) is 9.80 Å². The molecule has 3 nitrogen and oxygen atoms in total. The second-order valence-electron chi connectivity index (χ2n) is 3.76. The van der Waals surface area contributed by atoms with Gasteiger partial charge in [0.1, 0.15) is 0 Å². The second kappa shape index (κ2) is 10.4. The zero-order chi connectivity index (χ0) is 11.5. The zero-order valence-electron chi connectivity index (χ0n) is 11.0. The van der Waals surface area contributed by atoms with Crippen LogP contribution in [0.2, 0.25) is 0 Å². The molecule has 0 saturated carbocycles. The number of nitrogens with zero attached hydrogens (tertiary/aromatic N) is 2. The van der Waals surface area contributed by atoms with Gasteiger partial charge in [-0.2, -0.15) is 0 Å². The van der Waals surface area contributed by atoms with Crippen molar-refractivity contribution in [3.05, 3.63) is 0 Å². The minimum Gasteiger partial charge on any atom is -0.380 e. The number of rotatable bonds is 5. The van der Waals surface area contributed by atoms with E-state index in [1.807, 2.05) is 13.8 Å². The quantitative estimate of drug-likeness (QED) is 0.650. The highest BCUT2D eigenvalue weighted by molar-refractivity contribution is 4.68. The van der Waals surface area contributed by atoms with Crippen LogP contribution >= 0.6 is 0 Å². The highest BCUT2D eigenvalue weighted by Gasteiger charge is 2.12. The smallest absolute Gasteiger partial charge is 0.0593 e. The molecule has 0 unspecified atom stereocenters. The third kappa shape index (κ3) is 7.77. The van der Waals surface area contributed by atoms with Crippen molar-refractivity contribution < 1.29 is 4.74 Å². The van der Waals surface area contributed by atoms with Gasteiger partial charge in [-0.3, -0.25) is 4.90 Å². The van der Waals surface area contributed by atoms with Crippen LogP contribution in [0.1, 0.15) is 27.2 Å². The van der Waals surface area contributed by atoms with E-state index in [-0.39, 0.29) is 0 Å². The van der Waals surface area contributed by atoms with Crippen LogP contribution in [0.25, 0.3) is 0 Å². The summed E-state index contributed by atoms with van der Waals surface area (Å²) in [6.45, 7) is 13.9. The molecular formula is C12H28N2O. The van der Waals surface area contributed by atoms with Gasteiger partial charge in [0.05, 0.1) is 6.61 Å². The Morgan fingerprint density at radius 3 is 2.13 bits per heavy atom. The van der Waals surface area contributed by atoms with E-state index in [4.69, 9.17) is 4.74 Å². The Labute approximate surface area is 95.4 Å². The lowest BCUT2D eigenvalue weighted by molar-refractivity contribution is 0.0822. The predicted molar refractivity (Wildman–Crippen MR) is 66.4 cm³/mol. The van der Waals surface area contributed by atoms with Crippen molar-refractivity contribution in [1.29, 1.82) is 0 Å². The Kier molecular flexibility index (Phi) is 10.3. The van der Waals surface area contributed by atoms with E-state index in [0.717, 1.165) is 26.2 Å². The summed E-state index contributed by atoms with van der Waals surface area (Å²) in [4.78, 5) is 4.86. The number of hydrogen-bond acceptors (Lipinski definition) is 3. The third-order valence-corrected chi connectivity index (χ3v) is 2.50. The van der Waals surface area contributed by atoms with E-state index in [0.29, 0.717) is 0 Å². The highest BCUT2D eigenvalue weighted by atomic mass is 16.5. The molecule has 0 amide bonds. The fourth-order valence-corrected chi connectivity index (χ4v) is 1.51. The predicted octanol–water partition coefficient (Wildman–Crippen LogP) is 1.69. The van der Waals surface area contributed by atoms with Crippen molar-refractivity contribution in [2.45, 2.75) is 27.2 Å². The standard InChI is InChI=1S/C10H22N2O.C2H6/c1-3-9-13-10-8-12-6-4-11(2)5-7-12;1-2/h3-10H2,1-2H3;1-2H3. The first-order valence-corrected chi connectivity index (χ1v) is 6.31. The summed E-state index contributed by atoms with van der Waals surface area (Å²) >= 11 is 0. The Balaban J connectivity index is 0.000000921. The van der Waals surface area contributed by atoms with Gasteiger partial charge in [-0.1, -0.05) is 20.8 Å². The van der Waals surface area contributed by atoms with Gasteiger partial charge in [0.2, 0.25) is 0 Å². The molecule has 0 N–H and O–H groups in total. The van der Waals surface area contributed by atoms with Gasteiger partial charge in [-0.15, -0.1) is 0 Å². The molecule has 0 spiro atoms. The molecule has 1 rings (SSSR count). The third-order valence-electron chi connectivity index (χ3n) is 2.50. The van der Waals surface area contributed by atoms with E-state index in [1.165, 1.54) is 26.2 Å². The summed E-state index contributed by atoms with van der Waals surface area (Å²) in [6, 6.07) is 0. The fraction of sp³-hybridized carbons (Fsp3) is 1.00. The van der Waals surface area contributed by atoms with Crippen LogP contribution in [-0.2, 0) is 4.74 Å². The Morgan fingerprint density at radius 1 is 1.00 bits per heavy atom. The number of ether oxygens (including phenoxy) is 1. The van der Waals surface area contributed by atoms with Crippen molar-refractivity contribution in [3.8, 4) is 0 Å². The van der Waals surface area contributed by atoms with Crippen LogP contribution in [0.4, 0.5) is 0 Å². The highest BCUT2D eigenvalue weighted by Crippen LogP contribution is 1.98. The Morgan fingerprint density at radius 2 is 1.60 bits per heavy atom. The molecule has 3 heteroatoms. The van der Waals surface area contributed by atoms with Crippen LogP contribution in [0, 0.1) is 0 Å². The van der Waals surface area contributed by atoms with Crippen molar-refractivity contribution in [2.24, 2.45) is 0 Å². The van der Waals surface area contributed by atoms with Gasteiger partial charge in [-0.05, 0) is 13.5 Å². The fourth-order valence-electron chi connectivity index (χ4n) is 1.51. The molecule has 1 fully saturated rings. The number of piperazine rings is 1. The molecule has 0 aliphatic carbocycles. The maximum atomic E-state index is 5.46. The molecule has 15 heavy (non-hydrogen) atoms. The maximum Gasteiger partial charge on any atom is 0.0593 e. The van der Waals surface area contributed by atoms with Crippen LogP contribution in [0.3, 0.4) is 0 Å². The molecule has 0 radical (unpaired) electrons. The number of likely N-dealkylation sites (N-methyl/N-ethyl adjacent to an activating group) is 1. The van der Waals surface area contributed by atoms with Crippen molar-refractivity contribution in [3.63, 3.8) is 0 Å². The van der Waals surface area contributed by atoms with Crippen LogP contribution < -0.4 is 0 Å². The molecule has 1 aliphatic rings. The van der Waals surface area contributed by atoms with E-state index in [1.54, 1.807) is 0 Å². The zero-order valence-corrected chi connectivity index (χ0v) is 11.0. The Hall–Kier alpha value is -0.120. The van der Waals surface area contributed by atoms with Crippen LogP contribution in [0.5, 0.6) is 0 Å². The van der Waals surface area contributed by atoms with Gasteiger partial charge in [0.25, 0.3) is 0 Å². The van der Waals surface area contributed by atoms with Crippen molar-refractivity contribution in [2.75, 3.05) is 53.0 Å². The van der Waals surface area contributed by atoms with E-state index >= 15 is 0 Å². The van der Waals surface area contributed by atoms with Crippen molar-refractivity contribution >= 4 is 0 Å². The average molecular weight is 216 g/mol. The summed E-state index contributed by atoms with van der Waals surface area (Å²) in [5.74, 6) is 0. The molecule has 1 saturated heterocycles. The van der Waals surface area contributed by atoms with Crippen LogP contribution in [-0.4, -0.2) is 62.8 Å². The lowest BCUT2D eigenvalue weighted by Crippen LogP contribution is -2.45. The van der Waals surface area contributed by atoms with Gasteiger partial charge in [-0.25, -0.2) is 0 Å². The molecule has 0 bridgehead atoms. The summed E-state index contributed by atoms with van der Waals surface area (Å²) in [5.41, 5.74) is 0. The first-order valence-electron chi connectivity index (χ1n) is 6.31. The van der Waals surface area contributed by atoms with Gasteiger partial charge in [0, 0.05) is 39.3 Å². The topological polar surface area (TPSA) is 15.7 Å². The molecule has 1 heterocycles. The lowest BCUT2D eigenvalue weighted by Gasteiger charge is -2.32. The van der Waals surface area contributed by atoms with E-state index < -0.39 is 0 Å². The summed E-state index contributed by atoms with van der Waals surface area (Å²) in [6.07, 6.45) is 1.13. The molecule has 0 aromatic carbocycles. The minimum atomic E-state index is 0.900. The SMILES string of the molecule is CC.CCCOCCN1CCN(C)CC1. The van der Waals surface area contributed by atoms with Gasteiger partial charge >= 0.3 is 0 Å².